The predicted octanol–water partition coefficient (Wildman–Crippen LogP) is 4.50. The summed E-state index contributed by atoms with van der Waals surface area (Å²) in [7, 11) is 1.55. The van der Waals surface area contributed by atoms with Gasteiger partial charge in [0.25, 0.3) is 0 Å². The molecule has 6 nitrogen and oxygen atoms in total. The van der Waals surface area contributed by atoms with Gasteiger partial charge >= 0.3 is 6.09 Å². The number of nitrogens with one attached hydrogen (secondary N) is 2. The minimum absolute atomic E-state index is 0.0650. The average Bonchev–Trinajstić information content (AvgIpc) is 3.12. The van der Waals surface area contributed by atoms with Gasteiger partial charge < -0.3 is 20.5 Å². The molecule has 2 aromatic carbocycles. The number of benzene rings is 2. The van der Waals surface area contributed by atoms with Crippen LogP contribution in [0.5, 0.6) is 5.75 Å². The second-order valence-electron chi connectivity index (χ2n) is 8.17. The van der Waals surface area contributed by atoms with Crippen LogP contribution in [-0.4, -0.2) is 42.9 Å². The molecular formula is C23H23FN2O4S. The Morgan fingerprint density at radius 2 is 2.06 bits per heavy atom. The van der Waals surface area contributed by atoms with E-state index in [2.05, 4.69) is 10.6 Å². The van der Waals surface area contributed by atoms with E-state index in [0.29, 0.717) is 40.3 Å². The molecule has 0 radical (unpaired) electrons. The number of carbonyl (C=O) groups is 2. The Labute approximate surface area is 183 Å². The molecule has 0 aromatic heterocycles. The van der Waals surface area contributed by atoms with Gasteiger partial charge in [-0.05, 0) is 29.3 Å². The van der Waals surface area contributed by atoms with E-state index in [1.54, 1.807) is 33.1 Å². The number of allylic oxidation sites excluding steroid dienone is 1. The summed E-state index contributed by atoms with van der Waals surface area (Å²) in [5.74, 6) is 0.577. The topological polar surface area (TPSA) is 87.7 Å². The Balaban J connectivity index is 1.84. The number of carbonyl (C=O) groups excluding carboxylic acids is 1. The van der Waals surface area contributed by atoms with E-state index in [-0.39, 0.29) is 12.3 Å². The molecule has 0 saturated heterocycles. The third-order valence-electron chi connectivity index (χ3n) is 5.68. The largest absolute Gasteiger partial charge is 0.496 e. The lowest BCUT2D eigenvalue weighted by molar-refractivity contribution is -0.111. The van der Waals surface area contributed by atoms with Gasteiger partial charge in [0.1, 0.15) is 11.6 Å². The van der Waals surface area contributed by atoms with Gasteiger partial charge in [0.05, 0.1) is 12.9 Å². The Bertz CT molecular complexity index is 1130. The second kappa shape index (κ2) is 7.92. The van der Waals surface area contributed by atoms with E-state index >= 15 is 4.39 Å². The summed E-state index contributed by atoms with van der Waals surface area (Å²) >= 11 is 1.53. The fraction of sp³-hybridized carbons (Fsp3) is 0.304. The van der Waals surface area contributed by atoms with Crippen LogP contribution in [0, 0.1) is 5.82 Å². The Kier molecular flexibility index (Phi) is 5.43. The average molecular weight is 443 g/mol. The first-order valence-electron chi connectivity index (χ1n) is 9.84. The lowest BCUT2D eigenvalue weighted by Gasteiger charge is -2.27. The second-order valence-corrected chi connectivity index (χ2v) is 9.24. The van der Waals surface area contributed by atoms with Crippen molar-refractivity contribution in [3.05, 3.63) is 52.2 Å². The molecule has 1 amide bonds. The van der Waals surface area contributed by atoms with E-state index in [9.17, 15) is 9.59 Å². The van der Waals surface area contributed by atoms with Crippen LogP contribution in [0.25, 0.3) is 16.7 Å². The van der Waals surface area contributed by atoms with Crippen molar-refractivity contribution in [2.24, 2.45) is 0 Å². The van der Waals surface area contributed by atoms with Crippen molar-refractivity contribution in [2.45, 2.75) is 19.3 Å². The number of hydrogen-bond donors (Lipinski definition) is 3. The first-order chi connectivity index (χ1) is 14.7. The van der Waals surface area contributed by atoms with Crippen molar-refractivity contribution < 1.29 is 23.8 Å². The summed E-state index contributed by atoms with van der Waals surface area (Å²) in [6.07, 6.45) is -1.15. The maximum atomic E-state index is 15.3. The van der Waals surface area contributed by atoms with Crippen LogP contribution in [0.3, 0.4) is 0 Å². The van der Waals surface area contributed by atoms with Crippen LogP contribution in [0.1, 0.15) is 25.0 Å². The number of halogens is 1. The summed E-state index contributed by atoms with van der Waals surface area (Å²) in [4.78, 5) is 24.5. The summed E-state index contributed by atoms with van der Waals surface area (Å²) in [6.45, 7) is 4.24. The molecule has 0 fully saturated rings. The van der Waals surface area contributed by atoms with Crippen LogP contribution in [0.2, 0.25) is 0 Å². The van der Waals surface area contributed by atoms with Crippen LogP contribution in [0.4, 0.5) is 14.9 Å². The van der Waals surface area contributed by atoms with Gasteiger partial charge in [-0.2, -0.15) is 0 Å². The third-order valence-corrected chi connectivity index (χ3v) is 6.78. The van der Waals surface area contributed by atoms with Crippen molar-refractivity contribution in [2.75, 3.05) is 31.3 Å². The summed E-state index contributed by atoms with van der Waals surface area (Å²) in [5, 5.41) is 14.6. The highest BCUT2D eigenvalue weighted by Crippen LogP contribution is 2.49. The molecule has 4 rings (SSSR count). The molecule has 2 aliphatic rings. The number of ether oxygens (including phenoxy) is 1. The molecule has 0 unspecified atom stereocenters. The van der Waals surface area contributed by atoms with Crippen molar-refractivity contribution >= 4 is 34.9 Å². The number of rotatable bonds is 5. The summed E-state index contributed by atoms with van der Waals surface area (Å²) in [6, 6.07) is 8.58. The van der Waals surface area contributed by atoms with Gasteiger partial charge in [0.15, 0.2) is 5.78 Å². The standard InChI is InChI=1S/C23H23FN2O4S/c1-23(2,11-26-22(28)29)13-5-4-12(8-14(13)24)19-17(30-3)7-6-15-20(19)21-16(27)10-31-18(21)9-25-15/h4-8,25-26H,9-11H2,1-3H3,(H,28,29). The zero-order valence-electron chi connectivity index (χ0n) is 17.5. The molecule has 2 aromatic rings. The van der Waals surface area contributed by atoms with Crippen molar-refractivity contribution in [1.29, 1.82) is 0 Å². The van der Waals surface area contributed by atoms with Crippen molar-refractivity contribution in [1.82, 2.24) is 5.32 Å². The Morgan fingerprint density at radius 3 is 2.74 bits per heavy atom. The number of thioether (sulfide) groups is 1. The number of amides is 1. The molecule has 0 saturated carbocycles. The minimum Gasteiger partial charge on any atom is -0.496 e. The van der Waals surface area contributed by atoms with Gasteiger partial charge in [-0.3, -0.25) is 4.79 Å². The van der Waals surface area contributed by atoms with Gasteiger partial charge in [0, 0.05) is 45.8 Å². The number of anilines is 1. The van der Waals surface area contributed by atoms with Crippen LogP contribution in [0.15, 0.2) is 35.2 Å². The zero-order valence-corrected chi connectivity index (χ0v) is 18.3. The predicted molar refractivity (Wildman–Crippen MR) is 120 cm³/mol. The molecule has 8 heteroatoms. The van der Waals surface area contributed by atoms with Crippen LogP contribution in [-0.2, 0) is 10.2 Å². The highest BCUT2D eigenvalue weighted by atomic mass is 32.2. The van der Waals surface area contributed by atoms with E-state index in [0.717, 1.165) is 16.2 Å². The molecule has 3 N–H and O–H groups in total. The summed E-state index contributed by atoms with van der Waals surface area (Å²) < 4.78 is 20.8. The quantitative estimate of drug-likeness (QED) is 0.632. The number of methoxy groups -OCH3 is 1. The smallest absolute Gasteiger partial charge is 0.404 e. The first kappa shape index (κ1) is 21.2. The minimum atomic E-state index is -1.15. The number of ketones is 1. The lowest BCUT2D eigenvalue weighted by Crippen LogP contribution is -2.36. The highest BCUT2D eigenvalue weighted by Gasteiger charge is 2.34. The molecule has 0 spiro atoms. The van der Waals surface area contributed by atoms with Crippen molar-refractivity contribution in [3.63, 3.8) is 0 Å². The SMILES string of the molecule is COc1ccc2c(c1-c1ccc(C(C)(C)CNC(=O)O)c(F)c1)C1=C(CN2)SCC1=O. The number of Topliss-reactive ketones (excluding diaryl/α,β-unsaturated/α-hetero) is 1. The Hall–Kier alpha value is -3.00. The van der Waals surface area contributed by atoms with Gasteiger partial charge in [-0.1, -0.05) is 26.0 Å². The highest BCUT2D eigenvalue weighted by molar-refractivity contribution is 8.04. The number of hydrogen-bond acceptors (Lipinski definition) is 5. The van der Waals surface area contributed by atoms with E-state index < -0.39 is 17.3 Å². The first-order valence-corrected chi connectivity index (χ1v) is 10.8. The van der Waals surface area contributed by atoms with Crippen LogP contribution >= 0.6 is 11.8 Å². The normalized spacial score (nSPS) is 15.3. The molecule has 2 aliphatic heterocycles. The number of fused-ring (bicyclic) bond motifs is 2. The van der Waals surface area contributed by atoms with Crippen molar-refractivity contribution in [3.8, 4) is 16.9 Å². The third kappa shape index (κ3) is 3.76. The van der Waals surface area contributed by atoms with E-state index in [4.69, 9.17) is 9.84 Å². The van der Waals surface area contributed by atoms with E-state index in [1.165, 1.54) is 17.8 Å². The number of carboxylic acid groups (broad SMARTS) is 1. The van der Waals surface area contributed by atoms with Crippen LogP contribution < -0.4 is 15.4 Å². The fourth-order valence-corrected chi connectivity index (χ4v) is 5.09. The fourth-order valence-electron chi connectivity index (χ4n) is 4.10. The molecule has 0 atom stereocenters. The van der Waals surface area contributed by atoms with Gasteiger partial charge in [0.2, 0.25) is 0 Å². The molecule has 0 bridgehead atoms. The Morgan fingerprint density at radius 1 is 1.29 bits per heavy atom. The molecule has 31 heavy (non-hydrogen) atoms. The van der Waals surface area contributed by atoms with Gasteiger partial charge in [-0.15, -0.1) is 11.8 Å². The monoisotopic (exact) mass is 442 g/mol. The zero-order chi connectivity index (χ0) is 22.3. The molecule has 0 aliphatic carbocycles. The van der Waals surface area contributed by atoms with E-state index in [1.807, 2.05) is 12.1 Å². The molecule has 2 heterocycles. The van der Waals surface area contributed by atoms with Gasteiger partial charge in [-0.25, -0.2) is 9.18 Å². The maximum Gasteiger partial charge on any atom is 0.404 e. The maximum absolute atomic E-state index is 15.3. The lowest BCUT2D eigenvalue weighted by atomic mass is 9.82. The molecular weight excluding hydrogens is 419 g/mol. The molecule has 162 valence electrons. The summed E-state index contributed by atoms with van der Waals surface area (Å²) in [5.41, 5.74) is 3.17.